The van der Waals surface area contributed by atoms with Gasteiger partial charge in [-0.15, -0.1) is 11.3 Å². The maximum atomic E-state index is 3.35. The Morgan fingerprint density at radius 1 is 1.36 bits per heavy atom. The minimum atomic E-state index is 0.895. The minimum absolute atomic E-state index is 0.895. The van der Waals surface area contributed by atoms with Gasteiger partial charge >= 0.3 is 0 Å². The highest BCUT2D eigenvalue weighted by molar-refractivity contribution is 7.17. The van der Waals surface area contributed by atoms with Crippen molar-refractivity contribution >= 4 is 27.1 Å². The molecule has 1 aromatic heterocycles. The Hall–Kier alpha value is -1.28. The summed E-state index contributed by atoms with van der Waals surface area (Å²) in [5.41, 5.74) is 1.19. The normalized spacial score (nSPS) is 11.2. The first-order valence-corrected chi connectivity index (χ1v) is 5.60. The number of nitrogens with one attached hydrogen (secondary N) is 1. The number of benzene rings is 1. The van der Waals surface area contributed by atoms with Gasteiger partial charge in [-0.1, -0.05) is 12.2 Å². The molecular formula is C12H13NS. The summed E-state index contributed by atoms with van der Waals surface area (Å²) in [6.45, 7) is 2.93. The lowest BCUT2D eigenvalue weighted by Gasteiger charge is -2.02. The lowest BCUT2D eigenvalue weighted by Crippen LogP contribution is -1.96. The monoisotopic (exact) mass is 203 g/mol. The Morgan fingerprint density at radius 2 is 2.29 bits per heavy atom. The van der Waals surface area contributed by atoms with E-state index in [0.29, 0.717) is 0 Å². The SMILES string of the molecule is C/C=C/CNc1ccc2sccc2c1. The van der Waals surface area contributed by atoms with Gasteiger partial charge in [-0.05, 0) is 42.0 Å². The zero-order chi connectivity index (χ0) is 9.80. The molecule has 1 aromatic carbocycles. The Labute approximate surface area is 88.1 Å². The van der Waals surface area contributed by atoms with Crippen LogP contribution in [-0.4, -0.2) is 6.54 Å². The first-order valence-electron chi connectivity index (χ1n) is 4.72. The molecule has 0 aliphatic heterocycles. The zero-order valence-electron chi connectivity index (χ0n) is 8.16. The van der Waals surface area contributed by atoms with Crippen LogP contribution in [0.1, 0.15) is 6.92 Å². The molecule has 0 saturated carbocycles. The number of thiophene rings is 1. The Kier molecular flexibility index (Phi) is 2.84. The molecule has 0 spiro atoms. The third kappa shape index (κ3) is 1.96. The molecule has 1 N–H and O–H groups in total. The van der Waals surface area contributed by atoms with Crippen molar-refractivity contribution in [3.05, 3.63) is 41.8 Å². The Balaban J connectivity index is 2.17. The van der Waals surface area contributed by atoms with E-state index >= 15 is 0 Å². The van der Waals surface area contributed by atoms with Gasteiger partial charge in [0.1, 0.15) is 0 Å². The van der Waals surface area contributed by atoms with Crippen LogP contribution in [0.4, 0.5) is 5.69 Å². The standard InChI is InChI=1S/C12H13NS/c1-2-3-7-13-11-4-5-12-10(9-11)6-8-14-12/h2-6,8-9,13H,7H2,1H3/b3-2+. The van der Waals surface area contributed by atoms with E-state index in [4.69, 9.17) is 0 Å². The number of hydrogen-bond acceptors (Lipinski definition) is 2. The molecule has 0 aliphatic rings. The highest BCUT2D eigenvalue weighted by atomic mass is 32.1. The molecule has 72 valence electrons. The minimum Gasteiger partial charge on any atom is -0.382 e. The second-order valence-corrected chi connectivity index (χ2v) is 4.07. The van der Waals surface area contributed by atoms with E-state index in [-0.39, 0.29) is 0 Å². The summed E-state index contributed by atoms with van der Waals surface area (Å²) in [6, 6.07) is 8.64. The van der Waals surface area contributed by atoms with Crippen LogP contribution >= 0.6 is 11.3 Å². The quantitative estimate of drug-likeness (QED) is 0.746. The number of fused-ring (bicyclic) bond motifs is 1. The molecule has 0 atom stereocenters. The van der Waals surface area contributed by atoms with Gasteiger partial charge in [0.15, 0.2) is 0 Å². The predicted molar refractivity (Wildman–Crippen MR) is 65.1 cm³/mol. The average Bonchev–Trinajstić information content (AvgIpc) is 2.65. The summed E-state index contributed by atoms with van der Waals surface area (Å²) in [7, 11) is 0. The highest BCUT2D eigenvalue weighted by Crippen LogP contribution is 2.23. The molecule has 0 aliphatic carbocycles. The number of hydrogen-bond donors (Lipinski definition) is 1. The van der Waals surface area contributed by atoms with Crippen molar-refractivity contribution in [1.29, 1.82) is 0 Å². The highest BCUT2D eigenvalue weighted by Gasteiger charge is 1.95. The van der Waals surface area contributed by atoms with Crippen molar-refractivity contribution in [1.82, 2.24) is 0 Å². The molecule has 2 heteroatoms. The van der Waals surface area contributed by atoms with Crippen LogP contribution in [0.15, 0.2) is 41.8 Å². The topological polar surface area (TPSA) is 12.0 Å². The summed E-state index contributed by atoms with van der Waals surface area (Å²) in [4.78, 5) is 0. The number of anilines is 1. The fraction of sp³-hybridized carbons (Fsp3) is 0.167. The first kappa shape index (κ1) is 9.28. The molecule has 1 nitrogen and oxygen atoms in total. The average molecular weight is 203 g/mol. The van der Waals surface area contributed by atoms with E-state index in [1.807, 2.05) is 6.92 Å². The summed E-state index contributed by atoms with van der Waals surface area (Å²) >= 11 is 1.78. The summed E-state index contributed by atoms with van der Waals surface area (Å²) in [6.07, 6.45) is 4.16. The molecule has 0 radical (unpaired) electrons. The van der Waals surface area contributed by atoms with Crippen molar-refractivity contribution in [2.24, 2.45) is 0 Å². The van der Waals surface area contributed by atoms with Crippen LogP contribution in [0.2, 0.25) is 0 Å². The van der Waals surface area contributed by atoms with Gasteiger partial charge < -0.3 is 5.32 Å². The fourth-order valence-electron chi connectivity index (χ4n) is 1.37. The smallest absolute Gasteiger partial charge is 0.0349 e. The van der Waals surface area contributed by atoms with Crippen molar-refractivity contribution in [3.8, 4) is 0 Å². The first-order chi connectivity index (χ1) is 6.90. The number of rotatable bonds is 3. The molecule has 14 heavy (non-hydrogen) atoms. The molecule has 0 unspecified atom stereocenters. The van der Waals surface area contributed by atoms with Gasteiger partial charge in [-0.25, -0.2) is 0 Å². The van der Waals surface area contributed by atoms with E-state index in [1.165, 1.54) is 15.8 Å². The summed E-state index contributed by atoms with van der Waals surface area (Å²) in [5.74, 6) is 0. The van der Waals surface area contributed by atoms with Crippen LogP contribution in [0.3, 0.4) is 0 Å². The summed E-state index contributed by atoms with van der Waals surface area (Å²) < 4.78 is 1.35. The van der Waals surface area contributed by atoms with Crippen LogP contribution in [0, 0.1) is 0 Å². The van der Waals surface area contributed by atoms with Crippen LogP contribution < -0.4 is 5.32 Å². The maximum absolute atomic E-state index is 3.35. The molecular weight excluding hydrogens is 190 g/mol. The lowest BCUT2D eigenvalue weighted by atomic mass is 10.2. The van der Waals surface area contributed by atoms with E-state index in [2.05, 4.69) is 47.1 Å². The van der Waals surface area contributed by atoms with Gasteiger partial charge in [0.25, 0.3) is 0 Å². The Bertz CT molecular complexity index is 442. The molecule has 0 fully saturated rings. The lowest BCUT2D eigenvalue weighted by molar-refractivity contribution is 1.33. The van der Waals surface area contributed by atoms with Gasteiger partial charge in [0.05, 0.1) is 0 Å². The van der Waals surface area contributed by atoms with Crippen molar-refractivity contribution in [3.63, 3.8) is 0 Å². The molecule has 2 aromatic rings. The third-order valence-electron chi connectivity index (χ3n) is 2.11. The maximum Gasteiger partial charge on any atom is 0.0349 e. The molecule has 2 rings (SSSR count). The van der Waals surface area contributed by atoms with E-state index in [9.17, 15) is 0 Å². The Morgan fingerprint density at radius 3 is 3.14 bits per heavy atom. The van der Waals surface area contributed by atoms with Gasteiger partial charge in [-0.2, -0.15) is 0 Å². The number of allylic oxidation sites excluding steroid dienone is 1. The second-order valence-electron chi connectivity index (χ2n) is 3.12. The molecule has 0 bridgehead atoms. The molecule has 0 saturated heterocycles. The van der Waals surface area contributed by atoms with Gasteiger partial charge in [0, 0.05) is 16.9 Å². The van der Waals surface area contributed by atoms with Crippen LogP contribution in [-0.2, 0) is 0 Å². The van der Waals surface area contributed by atoms with E-state index in [0.717, 1.165) is 6.54 Å². The predicted octanol–water partition coefficient (Wildman–Crippen LogP) is 3.89. The van der Waals surface area contributed by atoms with Gasteiger partial charge in [-0.3, -0.25) is 0 Å². The van der Waals surface area contributed by atoms with Crippen molar-refractivity contribution in [2.45, 2.75) is 6.92 Å². The summed E-state index contributed by atoms with van der Waals surface area (Å²) in [5, 5.41) is 6.79. The van der Waals surface area contributed by atoms with E-state index < -0.39 is 0 Å². The van der Waals surface area contributed by atoms with Crippen LogP contribution in [0.5, 0.6) is 0 Å². The largest absolute Gasteiger partial charge is 0.382 e. The fourth-order valence-corrected chi connectivity index (χ4v) is 2.14. The van der Waals surface area contributed by atoms with Gasteiger partial charge in [0.2, 0.25) is 0 Å². The van der Waals surface area contributed by atoms with Crippen molar-refractivity contribution in [2.75, 3.05) is 11.9 Å². The zero-order valence-corrected chi connectivity index (χ0v) is 8.97. The third-order valence-corrected chi connectivity index (χ3v) is 3.01. The molecule has 1 heterocycles. The van der Waals surface area contributed by atoms with Crippen LogP contribution in [0.25, 0.3) is 10.1 Å². The van der Waals surface area contributed by atoms with Crippen molar-refractivity contribution < 1.29 is 0 Å². The molecule has 0 amide bonds. The second kappa shape index (κ2) is 4.29. The van der Waals surface area contributed by atoms with E-state index in [1.54, 1.807) is 11.3 Å².